The minimum atomic E-state index is 0.171. The Labute approximate surface area is 102 Å². The molecule has 2 rings (SSSR count). The van der Waals surface area contributed by atoms with Crippen molar-refractivity contribution in [3.63, 3.8) is 0 Å². The van der Waals surface area contributed by atoms with Crippen molar-refractivity contribution in [2.75, 3.05) is 38.2 Å². The van der Waals surface area contributed by atoms with Crippen molar-refractivity contribution >= 4 is 11.6 Å². The molecule has 1 fully saturated rings. The van der Waals surface area contributed by atoms with E-state index in [-0.39, 0.29) is 5.91 Å². The first-order chi connectivity index (χ1) is 8.20. The average Bonchev–Trinajstić information content (AvgIpc) is 2.34. The van der Waals surface area contributed by atoms with Crippen molar-refractivity contribution in [1.82, 2.24) is 4.90 Å². The highest BCUT2D eigenvalue weighted by Gasteiger charge is 2.20. The molecule has 17 heavy (non-hydrogen) atoms. The van der Waals surface area contributed by atoms with Gasteiger partial charge in [-0.05, 0) is 31.2 Å². The van der Waals surface area contributed by atoms with E-state index in [2.05, 4.69) is 4.90 Å². The number of carbonyl (C=O) groups is 1. The van der Waals surface area contributed by atoms with Crippen LogP contribution in [-0.4, -0.2) is 44.1 Å². The molecule has 4 heteroatoms. The third-order valence-electron chi connectivity index (χ3n) is 2.97. The summed E-state index contributed by atoms with van der Waals surface area (Å²) >= 11 is 0. The summed E-state index contributed by atoms with van der Waals surface area (Å²) in [5.74, 6) is 1.04. The number of anilines is 1. The van der Waals surface area contributed by atoms with E-state index >= 15 is 0 Å². The number of benzene rings is 1. The molecule has 1 aliphatic heterocycles. The third kappa shape index (κ3) is 2.70. The van der Waals surface area contributed by atoms with Crippen LogP contribution in [-0.2, 0) is 4.79 Å². The Morgan fingerprint density at radius 3 is 2.53 bits per heavy atom. The van der Waals surface area contributed by atoms with Crippen LogP contribution in [0.5, 0.6) is 5.75 Å². The first kappa shape index (κ1) is 11.8. The van der Waals surface area contributed by atoms with Crippen LogP contribution >= 0.6 is 0 Å². The summed E-state index contributed by atoms with van der Waals surface area (Å²) in [6.45, 7) is 4.77. The van der Waals surface area contributed by atoms with Gasteiger partial charge in [0.25, 0.3) is 0 Å². The molecule has 1 aromatic rings. The topological polar surface area (TPSA) is 32.8 Å². The highest BCUT2D eigenvalue weighted by molar-refractivity contribution is 5.82. The lowest BCUT2D eigenvalue weighted by Gasteiger charge is -2.33. The van der Waals surface area contributed by atoms with E-state index in [1.165, 1.54) is 0 Å². The Balaban J connectivity index is 2.05. The molecule has 1 aliphatic rings. The molecule has 4 nitrogen and oxygen atoms in total. The fourth-order valence-corrected chi connectivity index (χ4v) is 1.90. The maximum Gasteiger partial charge on any atom is 0.241 e. The van der Waals surface area contributed by atoms with Crippen molar-refractivity contribution in [3.8, 4) is 5.75 Å². The molecule has 0 atom stereocenters. The van der Waals surface area contributed by atoms with Crippen molar-refractivity contribution in [2.45, 2.75) is 6.92 Å². The Morgan fingerprint density at radius 1 is 1.24 bits per heavy atom. The predicted octanol–water partition coefficient (Wildman–Crippen LogP) is 1.36. The van der Waals surface area contributed by atoms with Crippen LogP contribution < -0.4 is 9.64 Å². The second kappa shape index (κ2) is 5.08. The normalized spacial score (nSPS) is 16.2. The number of carbonyl (C=O) groups excluding carboxylic acids is 1. The van der Waals surface area contributed by atoms with Gasteiger partial charge in [0.05, 0.1) is 13.2 Å². The Kier molecular flexibility index (Phi) is 3.52. The fourth-order valence-electron chi connectivity index (χ4n) is 1.90. The standard InChI is InChI=1S/C13H18N2O2/c1-3-17-12-6-4-11(5-7-12)15-9-8-14(2)13(16)10-15/h4-7H,3,8-10H2,1-2H3. The Hall–Kier alpha value is -1.71. The number of ether oxygens (including phenoxy) is 1. The maximum absolute atomic E-state index is 11.6. The van der Waals surface area contributed by atoms with Crippen molar-refractivity contribution in [2.24, 2.45) is 0 Å². The van der Waals surface area contributed by atoms with Crippen LogP contribution in [0.4, 0.5) is 5.69 Å². The van der Waals surface area contributed by atoms with Gasteiger partial charge in [0.15, 0.2) is 0 Å². The average molecular weight is 234 g/mol. The van der Waals surface area contributed by atoms with Crippen LogP contribution in [0, 0.1) is 0 Å². The lowest BCUT2D eigenvalue weighted by molar-refractivity contribution is -0.129. The van der Waals surface area contributed by atoms with Gasteiger partial charge < -0.3 is 14.5 Å². The summed E-state index contributed by atoms with van der Waals surface area (Å²) in [6, 6.07) is 7.90. The van der Waals surface area contributed by atoms with Crippen LogP contribution in [0.3, 0.4) is 0 Å². The zero-order valence-corrected chi connectivity index (χ0v) is 10.3. The zero-order valence-electron chi connectivity index (χ0n) is 10.3. The molecule has 0 bridgehead atoms. The molecule has 0 unspecified atom stereocenters. The highest BCUT2D eigenvalue weighted by atomic mass is 16.5. The van der Waals surface area contributed by atoms with Gasteiger partial charge in [-0.2, -0.15) is 0 Å². The molecule has 0 saturated carbocycles. The Bertz CT molecular complexity index is 389. The SMILES string of the molecule is CCOc1ccc(N2CCN(C)C(=O)C2)cc1. The number of rotatable bonds is 3. The summed E-state index contributed by atoms with van der Waals surface area (Å²) in [4.78, 5) is 15.5. The minimum absolute atomic E-state index is 0.171. The second-order valence-electron chi connectivity index (χ2n) is 4.16. The van der Waals surface area contributed by atoms with Gasteiger partial charge in [-0.15, -0.1) is 0 Å². The van der Waals surface area contributed by atoms with Gasteiger partial charge in [0.2, 0.25) is 5.91 Å². The van der Waals surface area contributed by atoms with Crippen LogP contribution in [0.15, 0.2) is 24.3 Å². The van der Waals surface area contributed by atoms with E-state index in [0.717, 1.165) is 24.5 Å². The first-order valence-electron chi connectivity index (χ1n) is 5.92. The number of nitrogens with zero attached hydrogens (tertiary/aromatic N) is 2. The molecule has 1 heterocycles. The van der Waals surface area contributed by atoms with E-state index < -0.39 is 0 Å². The van der Waals surface area contributed by atoms with E-state index in [1.807, 2.05) is 38.2 Å². The van der Waals surface area contributed by atoms with E-state index in [9.17, 15) is 4.79 Å². The van der Waals surface area contributed by atoms with Gasteiger partial charge in [0, 0.05) is 25.8 Å². The van der Waals surface area contributed by atoms with Gasteiger partial charge in [-0.1, -0.05) is 0 Å². The molecule has 92 valence electrons. The Morgan fingerprint density at radius 2 is 1.94 bits per heavy atom. The van der Waals surface area contributed by atoms with Gasteiger partial charge in [-0.25, -0.2) is 0 Å². The molecule has 1 aromatic carbocycles. The summed E-state index contributed by atoms with van der Waals surface area (Å²) < 4.78 is 5.39. The van der Waals surface area contributed by atoms with E-state index in [0.29, 0.717) is 13.2 Å². The third-order valence-corrected chi connectivity index (χ3v) is 2.97. The smallest absolute Gasteiger partial charge is 0.241 e. The molecule has 0 aromatic heterocycles. The summed E-state index contributed by atoms with van der Waals surface area (Å²) in [6.07, 6.45) is 0. The summed E-state index contributed by atoms with van der Waals surface area (Å²) in [5.41, 5.74) is 1.08. The largest absolute Gasteiger partial charge is 0.494 e. The van der Waals surface area contributed by atoms with E-state index in [4.69, 9.17) is 4.74 Å². The lowest BCUT2D eigenvalue weighted by atomic mass is 10.2. The van der Waals surface area contributed by atoms with E-state index in [1.54, 1.807) is 4.90 Å². The molecular weight excluding hydrogens is 216 g/mol. The lowest BCUT2D eigenvalue weighted by Crippen LogP contribution is -2.48. The summed E-state index contributed by atoms with van der Waals surface area (Å²) in [5, 5.41) is 0. The molecule has 0 spiro atoms. The predicted molar refractivity (Wildman–Crippen MR) is 67.5 cm³/mol. The molecule has 1 amide bonds. The molecule has 0 radical (unpaired) electrons. The van der Waals surface area contributed by atoms with Crippen LogP contribution in [0.1, 0.15) is 6.92 Å². The van der Waals surface area contributed by atoms with Crippen molar-refractivity contribution in [1.29, 1.82) is 0 Å². The maximum atomic E-state index is 11.6. The number of hydrogen-bond donors (Lipinski definition) is 0. The number of piperazine rings is 1. The molecule has 0 aliphatic carbocycles. The zero-order chi connectivity index (χ0) is 12.3. The highest BCUT2D eigenvalue weighted by Crippen LogP contribution is 2.20. The van der Waals surface area contributed by atoms with Gasteiger partial charge >= 0.3 is 0 Å². The summed E-state index contributed by atoms with van der Waals surface area (Å²) in [7, 11) is 1.85. The molecule has 0 N–H and O–H groups in total. The van der Waals surface area contributed by atoms with Crippen LogP contribution in [0.25, 0.3) is 0 Å². The minimum Gasteiger partial charge on any atom is -0.494 e. The molecule has 1 saturated heterocycles. The van der Waals surface area contributed by atoms with Crippen LogP contribution in [0.2, 0.25) is 0 Å². The van der Waals surface area contributed by atoms with Gasteiger partial charge in [0.1, 0.15) is 5.75 Å². The quantitative estimate of drug-likeness (QED) is 0.791. The van der Waals surface area contributed by atoms with Crippen molar-refractivity contribution in [3.05, 3.63) is 24.3 Å². The second-order valence-corrected chi connectivity index (χ2v) is 4.16. The number of likely N-dealkylation sites (N-methyl/N-ethyl adjacent to an activating group) is 1. The monoisotopic (exact) mass is 234 g/mol. The first-order valence-corrected chi connectivity index (χ1v) is 5.92. The number of amides is 1. The fraction of sp³-hybridized carbons (Fsp3) is 0.462. The number of hydrogen-bond acceptors (Lipinski definition) is 3. The molecular formula is C13H18N2O2. The van der Waals surface area contributed by atoms with Crippen molar-refractivity contribution < 1.29 is 9.53 Å². The van der Waals surface area contributed by atoms with Gasteiger partial charge in [-0.3, -0.25) is 4.79 Å².